The first-order valence-electron chi connectivity index (χ1n) is 14.7. The van der Waals surface area contributed by atoms with Crippen LogP contribution in [0.1, 0.15) is 36.5 Å². The number of benzene rings is 3. The van der Waals surface area contributed by atoms with E-state index in [-0.39, 0.29) is 17.7 Å². The van der Waals surface area contributed by atoms with Crippen molar-refractivity contribution in [3.05, 3.63) is 114 Å². The second kappa shape index (κ2) is 15.4. The number of carbonyl (C=O) groups excluding carboxylic acids is 1. The maximum Gasteiger partial charge on any atom is 0.573 e. The summed E-state index contributed by atoms with van der Waals surface area (Å²) in [6.07, 6.45) is -2.27. The van der Waals surface area contributed by atoms with Gasteiger partial charge in [0.05, 0.1) is 0 Å². The molecule has 0 unspecified atom stereocenters. The maximum absolute atomic E-state index is 12.7. The van der Waals surface area contributed by atoms with Crippen LogP contribution in [0.15, 0.2) is 97.1 Å². The first-order chi connectivity index (χ1) is 22.2. The van der Waals surface area contributed by atoms with Crippen molar-refractivity contribution < 1.29 is 50.5 Å². The van der Waals surface area contributed by atoms with Crippen LogP contribution in [0.3, 0.4) is 0 Å². The number of alkyl halides is 6. The highest BCUT2D eigenvalue weighted by molar-refractivity contribution is 5.84. The monoisotopic (exact) mass is 664 g/mol. The molecule has 47 heavy (non-hydrogen) atoms. The van der Waals surface area contributed by atoms with Gasteiger partial charge in [0.15, 0.2) is 0 Å². The molecular formula is C34H34F6N2O5. The van der Waals surface area contributed by atoms with Crippen molar-refractivity contribution in [1.82, 2.24) is 4.90 Å². The summed E-state index contributed by atoms with van der Waals surface area (Å²) in [6, 6.07) is 16.9. The lowest BCUT2D eigenvalue weighted by atomic mass is 9.72. The number of allylic oxidation sites excluding steroid dienone is 3. The first kappa shape index (κ1) is 35.4. The third-order valence-electron chi connectivity index (χ3n) is 7.59. The highest BCUT2D eigenvalue weighted by atomic mass is 19.4. The highest BCUT2D eigenvalue weighted by Gasteiger charge is 2.42. The van der Waals surface area contributed by atoms with Crippen molar-refractivity contribution in [3.63, 3.8) is 0 Å². The van der Waals surface area contributed by atoms with E-state index in [9.17, 15) is 36.2 Å². The smallest absolute Gasteiger partial charge is 0.445 e. The fraction of sp³-hybridized carbons (Fsp3) is 0.324. The summed E-state index contributed by atoms with van der Waals surface area (Å²) in [4.78, 5) is 14.2. The Hall–Kier alpha value is -4.49. The van der Waals surface area contributed by atoms with Gasteiger partial charge in [0.1, 0.15) is 23.7 Å². The molecule has 0 aromatic heterocycles. The van der Waals surface area contributed by atoms with E-state index >= 15 is 0 Å². The molecule has 1 saturated heterocycles. The second-order valence-electron chi connectivity index (χ2n) is 10.8. The number of nitrogens with zero attached hydrogens (tertiary/aromatic N) is 1. The maximum atomic E-state index is 12.7. The van der Waals surface area contributed by atoms with Crippen LogP contribution in [0.2, 0.25) is 0 Å². The number of piperidine rings is 1. The third-order valence-corrected chi connectivity index (χ3v) is 7.59. The van der Waals surface area contributed by atoms with E-state index in [0.29, 0.717) is 38.2 Å². The molecule has 3 aromatic carbocycles. The molecule has 1 amide bonds. The predicted octanol–water partition coefficient (Wildman–Crippen LogP) is 8.31. The van der Waals surface area contributed by atoms with E-state index < -0.39 is 41.8 Å². The lowest BCUT2D eigenvalue weighted by Gasteiger charge is -2.42. The van der Waals surface area contributed by atoms with Gasteiger partial charge in [0.2, 0.25) is 0 Å². The van der Waals surface area contributed by atoms with Gasteiger partial charge in [0, 0.05) is 12.2 Å². The number of anilines is 1. The van der Waals surface area contributed by atoms with Gasteiger partial charge in [-0.1, -0.05) is 54.6 Å². The van der Waals surface area contributed by atoms with Crippen molar-refractivity contribution in [2.24, 2.45) is 5.92 Å². The Labute approximate surface area is 268 Å². The van der Waals surface area contributed by atoms with Crippen molar-refractivity contribution >= 4 is 11.8 Å². The molecule has 7 nitrogen and oxygen atoms in total. The lowest BCUT2D eigenvalue weighted by Crippen LogP contribution is -2.44. The van der Waals surface area contributed by atoms with Gasteiger partial charge in [-0.2, -0.15) is 0 Å². The molecule has 252 valence electrons. The fourth-order valence-corrected chi connectivity index (χ4v) is 5.44. The van der Waals surface area contributed by atoms with E-state index in [1.807, 2.05) is 31.2 Å². The Kier molecular flexibility index (Phi) is 11.6. The molecule has 1 fully saturated rings. The largest absolute Gasteiger partial charge is 0.573 e. The van der Waals surface area contributed by atoms with Crippen LogP contribution < -0.4 is 14.8 Å². The van der Waals surface area contributed by atoms with Crippen LogP contribution >= 0.6 is 0 Å². The molecule has 0 bridgehead atoms. The predicted molar refractivity (Wildman–Crippen MR) is 163 cm³/mol. The summed E-state index contributed by atoms with van der Waals surface area (Å²) in [7, 11) is 0. The molecule has 0 atom stereocenters. The van der Waals surface area contributed by atoms with Gasteiger partial charge in [-0.15, -0.1) is 26.3 Å². The van der Waals surface area contributed by atoms with Crippen LogP contribution in [0.25, 0.3) is 0 Å². The quantitative estimate of drug-likeness (QED) is 0.159. The number of carbonyl (C=O) groups is 1. The minimum atomic E-state index is -4.90. The van der Waals surface area contributed by atoms with Crippen molar-refractivity contribution in [2.75, 3.05) is 25.0 Å². The number of hydrogen-bond donors (Lipinski definition) is 2. The summed E-state index contributed by atoms with van der Waals surface area (Å²) in [5.41, 5.74) is 0.353. The number of ether oxygens (including phenoxy) is 3. The number of rotatable bonds is 11. The summed E-state index contributed by atoms with van der Waals surface area (Å²) in [6.45, 7) is 3.71. The van der Waals surface area contributed by atoms with Crippen molar-refractivity contribution in [3.8, 4) is 11.5 Å². The molecule has 0 spiro atoms. The van der Waals surface area contributed by atoms with E-state index in [1.54, 1.807) is 24.3 Å². The zero-order valence-electron chi connectivity index (χ0n) is 25.4. The molecule has 1 aliphatic heterocycles. The Morgan fingerprint density at radius 1 is 0.830 bits per heavy atom. The number of likely N-dealkylation sites (tertiary alicyclic amines) is 1. The first-order valence-corrected chi connectivity index (χ1v) is 14.7. The molecule has 0 saturated carbocycles. The summed E-state index contributed by atoms with van der Waals surface area (Å²) < 4.78 is 89.4. The van der Waals surface area contributed by atoms with E-state index in [1.165, 1.54) is 24.3 Å². The number of nitrogens with one attached hydrogen (secondary N) is 1. The average Bonchev–Trinajstić information content (AvgIpc) is 3.01. The minimum Gasteiger partial charge on any atom is -0.445 e. The normalized spacial score (nSPS) is 15.2. The molecule has 2 N–H and O–H groups in total. The Morgan fingerprint density at radius 2 is 1.34 bits per heavy atom. The molecule has 13 heteroatoms. The molecule has 3 aromatic rings. The van der Waals surface area contributed by atoms with Crippen LogP contribution in [0.4, 0.5) is 36.8 Å². The average molecular weight is 665 g/mol. The number of halogens is 6. The summed E-state index contributed by atoms with van der Waals surface area (Å²) in [5.74, 6) is -1.36. The number of hydrogen-bond acceptors (Lipinski definition) is 6. The number of amides is 1. The van der Waals surface area contributed by atoms with Crippen LogP contribution in [-0.2, 0) is 16.9 Å². The number of aliphatic hydroxyl groups is 1. The SMILES string of the molecule is CC=CC=CCOC(=O)Nc1ccc(CN2CCC(C(O)(c3ccc(OC(F)(F)F)cc3)c3ccc(OC(F)(F)F)cc3)CC2)cc1. The standard InChI is InChI=1S/C34H34F6N2O5/c1-2-3-4-5-22-45-31(43)41-28-12-6-24(7-13-28)23-42-20-18-27(19-21-42)32(44,25-8-14-29(15-9-25)46-33(35,36)37)26-10-16-30(17-11-26)47-34(38,39)40/h2-17,27,44H,18-23H2,1H3,(H,41,43). The van der Waals surface area contributed by atoms with E-state index in [0.717, 1.165) is 29.8 Å². The van der Waals surface area contributed by atoms with Crippen molar-refractivity contribution in [1.29, 1.82) is 0 Å². The molecule has 4 rings (SSSR count). The molecule has 1 heterocycles. The van der Waals surface area contributed by atoms with Gasteiger partial charge >= 0.3 is 18.8 Å². The Bertz CT molecular complexity index is 1440. The van der Waals surface area contributed by atoms with Crippen LogP contribution in [-0.4, -0.2) is 48.5 Å². The lowest BCUT2D eigenvalue weighted by molar-refractivity contribution is -0.275. The minimum absolute atomic E-state index is 0.134. The summed E-state index contributed by atoms with van der Waals surface area (Å²) in [5, 5.41) is 14.9. The highest BCUT2D eigenvalue weighted by Crippen LogP contribution is 2.43. The topological polar surface area (TPSA) is 80.3 Å². The van der Waals surface area contributed by atoms with Gasteiger partial charge in [-0.25, -0.2) is 4.79 Å². The molecule has 1 aliphatic rings. The van der Waals surface area contributed by atoms with E-state index in [4.69, 9.17) is 4.74 Å². The third kappa shape index (κ3) is 10.5. The van der Waals surface area contributed by atoms with Crippen LogP contribution in [0.5, 0.6) is 11.5 Å². The van der Waals surface area contributed by atoms with Gasteiger partial charge in [-0.3, -0.25) is 10.2 Å². The van der Waals surface area contributed by atoms with Gasteiger partial charge in [-0.05, 0) is 97.9 Å². The second-order valence-corrected chi connectivity index (χ2v) is 10.8. The van der Waals surface area contributed by atoms with Crippen LogP contribution in [0, 0.1) is 5.92 Å². The van der Waals surface area contributed by atoms with Crippen molar-refractivity contribution in [2.45, 2.75) is 44.6 Å². The van der Waals surface area contributed by atoms with Gasteiger partial charge < -0.3 is 19.3 Å². The zero-order chi connectivity index (χ0) is 34.1. The Balaban J connectivity index is 1.43. The fourth-order valence-electron chi connectivity index (χ4n) is 5.44. The molecule has 0 aliphatic carbocycles. The Morgan fingerprint density at radius 3 is 1.81 bits per heavy atom. The summed E-state index contributed by atoms with van der Waals surface area (Å²) >= 11 is 0. The molecule has 0 radical (unpaired) electrons. The van der Waals surface area contributed by atoms with Gasteiger partial charge in [0.25, 0.3) is 0 Å². The molecular weight excluding hydrogens is 630 g/mol. The zero-order valence-corrected chi connectivity index (χ0v) is 25.4. The van der Waals surface area contributed by atoms with E-state index in [2.05, 4.69) is 19.7 Å².